The predicted molar refractivity (Wildman–Crippen MR) is 66.7 cm³/mol. The summed E-state index contributed by atoms with van der Waals surface area (Å²) in [6.45, 7) is 2.14. The zero-order valence-corrected chi connectivity index (χ0v) is 11.8. The van der Waals surface area contributed by atoms with Gasteiger partial charge in [-0.3, -0.25) is 0 Å². The Hall–Kier alpha value is -0.180. The number of hydrogen-bond acceptors (Lipinski definition) is 4. The van der Waals surface area contributed by atoms with Crippen molar-refractivity contribution in [3.05, 3.63) is 0 Å². The van der Waals surface area contributed by atoms with Crippen LogP contribution < -0.4 is 4.72 Å². The molecule has 0 heterocycles. The molecule has 0 aromatic rings. The highest BCUT2D eigenvalue weighted by Gasteiger charge is 2.34. The fraction of sp³-hybridized carbons (Fsp3) is 1.00. The number of nitrogens with zero attached hydrogens (tertiary/aromatic N) is 1. The van der Waals surface area contributed by atoms with Crippen molar-refractivity contribution >= 4 is 20.0 Å². The van der Waals surface area contributed by atoms with E-state index in [0.29, 0.717) is 6.42 Å². The number of sulfonamides is 2. The summed E-state index contributed by atoms with van der Waals surface area (Å²) in [7, 11) is -6.48. The van der Waals surface area contributed by atoms with E-state index in [1.165, 1.54) is 4.31 Å². The number of nitrogens with one attached hydrogen (secondary N) is 1. The van der Waals surface area contributed by atoms with Gasteiger partial charge in [0.15, 0.2) is 0 Å². The summed E-state index contributed by atoms with van der Waals surface area (Å²) in [5, 5.41) is 0. The molecular formula is C9H20N2O4S2. The van der Waals surface area contributed by atoms with Gasteiger partial charge in [0.25, 0.3) is 0 Å². The quantitative estimate of drug-likeness (QED) is 0.665. The topological polar surface area (TPSA) is 83.6 Å². The molecule has 0 aliphatic heterocycles. The normalized spacial score (nSPS) is 17.6. The van der Waals surface area contributed by atoms with Crippen LogP contribution in [0.3, 0.4) is 0 Å². The molecule has 0 aromatic heterocycles. The van der Waals surface area contributed by atoms with Crippen LogP contribution in [0.2, 0.25) is 0 Å². The minimum absolute atomic E-state index is 0.0701. The molecule has 1 N–H and O–H groups in total. The molecule has 8 heteroatoms. The van der Waals surface area contributed by atoms with Crippen LogP contribution in [0.1, 0.15) is 26.2 Å². The smallest absolute Gasteiger partial charge is 0.211 e. The molecule has 17 heavy (non-hydrogen) atoms. The van der Waals surface area contributed by atoms with Crippen LogP contribution in [-0.4, -0.2) is 52.3 Å². The van der Waals surface area contributed by atoms with Crippen LogP contribution in [-0.2, 0) is 20.0 Å². The highest BCUT2D eigenvalue weighted by molar-refractivity contribution is 7.89. The summed E-state index contributed by atoms with van der Waals surface area (Å²) in [5.74, 6) is 0.0787. The van der Waals surface area contributed by atoms with E-state index in [1.54, 1.807) is 6.92 Å². The second-order valence-electron chi connectivity index (χ2n) is 4.32. The summed E-state index contributed by atoms with van der Waals surface area (Å²) in [5.41, 5.74) is 0. The van der Waals surface area contributed by atoms with Crippen molar-refractivity contribution in [1.82, 2.24) is 9.03 Å². The van der Waals surface area contributed by atoms with Gasteiger partial charge in [0.05, 0.1) is 12.0 Å². The lowest BCUT2D eigenvalue weighted by atomic mass is 10.6. The predicted octanol–water partition coefficient (Wildman–Crippen LogP) is -0.260. The molecule has 0 atom stereocenters. The Morgan fingerprint density at radius 1 is 1.24 bits per heavy atom. The molecular weight excluding hydrogens is 264 g/mol. The molecule has 0 amide bonds. The molecule has 102 valence electrons. The van der Waals surface area contributed by atoms with Gasteiger partial charge in [0.1, 0.15) is 0 Å². The summed E-state index contributed by atoms with van der Waals surface area (Å²) < 4.78 is 49.4. The highest BCUT2D eigenvalue weighted by Crippen LogP contribution is 2.28. The van der Waals surface area contributed by atoms with Crippen LogP contribution in [0, 0.1) is 0 Å². The van der Waals surface area contributed by atoms with Crippen LogP contribution in [0.25, 0.3) is 0 Å². The van der Waals surface area contributed by atoms with Gasteiger partial charge >= 0.3 is 0 Å². The molecule has 1 aliphatic rings. The number of hydrogen-bond donors (Lipinski definition) is 1. The Labute approximate surface area is 103 Å². The minimum Gasteiger partial charge on any atom is -0.214 e. The Morgan fingerprint density at radius 2 is 1.82 bits per heavy atom. The van der Waals surface area contributed by atoms with Gasteiger partial charge in [-0.15, -0.1) is 0 Å². The molecule has 0 saturated heterocycles. The van der Waals surface area contributed by atoms with Crippen LogP contribution in [0.5, 0.6) is 0 Å². The van der Waals surface area contributed by atoms with Crippen molar-refractivity contribution in [2.24, 2.45) is 0 Å². The fourth-order valence-electron chi connectivity index (χ4n) is 1.63. The lowest BCUT2D eigenvalue weighted by Crippen LogP contribution is -2.39. The van der Waals surface area contributed by atoms with Gasteiger partial charge in [-0.05, 0) is 19.3 Å². The summed E-state index contributed by atoms with van der Waals surface area (Å²) in [6, 6.07) is 0.0701. The average Bonchev–Trinajstić information content (AvgIpc) is 2.93. The average molecular weight is 284 g/mol. The first-order valence-corrected chi connectivity index (χ1v) is 9.20. The van der Waals surface area contributed by atoms with Crippen LogP contribution >= 0.6 is 0 Å². The van der Waals surface area contributed by atoms with Gasteiger partial charge < -0.3 is 0 Å². The maximum absolute atomic E-state index is 11.4. The molecule has 0 aromatic carbocycles. The van der Waals surface area contributed by atoms with E-state index in [2.05, 4.69) is 4.72 Å². The van der Waals surface area contributed by atoms with Crippen LogP contribution in [0.4, 0.5) is 0 Å². The molecule has 0 spiro atoms. The first-order valence-electron chi connectivity index (χ1n) is 5.70. The summed E-state index contributed by atoms with van der Waals surface area (Å²) in [4.78, 5) is 0. The summed E-state index contributed by atoms with van der Waals surface area (Å²) >= 11 is 0. The largest absolute Gasteiger partial charge is 0.214 e. The van der Waals surface area contributed by atoms with E-state index in [0.717, 1.165) is 19.1 Å². The van der Waals surface area contributed by atoms with Gasteiger partial charge in [-0.25, -0.2) is 21.6 Å². The lowest BCUT2D eigenvalue weighted by molar-refractivity contribution is 0.410. The standard InChI is InChI=1S/C9H20N2O4S2/c1-3-8-17(14,15)10-6-7-11(9-4-5-9)16(2,12)13/h9-10H,3-8H2,1-2H3. The van der Waals surface area contributed by atoms with Gasteiger partial charge in [-0.1, -0.05) is 6.92 Å². The molecule has 1 saturated carbocycles. The molecule has 1 fully saturated rings. The lowest BCUT2D eigenvalue weighted by Gasteiger charge is -2.19. The van der Waals surface area contributed by atoms with E-state index in [9.17, 15) is 16.8 Å². The van der Waals surface area contributed by atoms with Crippen molar-refractivity contribution in [2.75, 3.05) is 25.1 Å². The Kier molecular flexibility index (Phi) is 4.94. The van der Waals surface area contributed by atoms with Crippen molar-refractivity contribution in [3.8, 4) is 0 Å². The Bertz CT molecular complexity index is 440. The molecule has 1 rings (SSSR count). The molecule has 0 radical (unpaired) electrons. The summed E-state index contributed by atoms with van der Waals surface area (Å²) in [6.07, 6.45) is 3.45. The van der Waals surface area contributed by atoms with Gasteiger partial charge in [0.2, 0.25) is 20.0 Å². The van der Waals surface area contributed by atoms with E-state index in [1.807, 2.05) is 0 Å². The molecule has 1 aliphatic carbocycles. The second kappa shape index (κ2) is 5.64. The van der Waals surface area contributed by atoms with Crippen LogP contribution in [0.15, 0.2) is 0 Å². The second-order valence-corrected chi connectivity index (χ2v) is 8.18. The zero-order chi connectivity index (χ0) is 13.1. The molecule has 0 bridgehead atoms. The first-order chi connectivity index (χ1) is 7.76. The maximum atomic E-state index is 11.4. The van der Waals surface area contributed by atoms with E-state index in [-0.39, 0.29) is 24.9 Å². The number of rotatable bonds is 8. The van der Waals surface area contributed by atoms with Crippen molar-refractivity contribution in [3.63, 3.8) is 0 Å². The molecule has 6 nitrogen and oxygen atoms in total. The third-order valence-electron chi connectivity index (χ3n) is 2.51. The van der Waals surface area contributed by atoms with Crippen molar-refractivity contribution in [2.45, 2.75) is 32.2 Å². The third-order valence-corrected chi connectivity index (χ3v) is 5.43. The van der Waals surface area contributed by atoms with E-state index >= 15 is 0 Å². The monoisotopic (exact) mass is 284 g/mol. The maximum Gasteiger partial charge on any atom is 0.211 e. The van der Waals surface area contributed by atoms with Crippen molar-refractivity contribution in [1.29, 1.82) is 0 Å². The minimum atomic E-state index is -3.25. The highest BCUT2D eigenvalue weighted by atomic mass is 32.2. The van der Waals surface area contributed by atoms with E-state index in [4.69, 9.17) is 0 Å². The van der Waals surface area contributed by atoms with E-state index < -0.39 is 20.0 Å². The van der Waals surface area contributed by atoms with Gasteiger partial charge in [-0.2, -0.15) is 4.31 Å². The van der Waals surface area contributed by atoms with Gasteiger partial charge in [0, 0.05) is 19.1 Å². The Morgan fingerprint density at radius 3 is 2.24 bits per heavy atom. The third kappa shape index (κ3) is 5.33. The zero-order valence-electron chi connectivity index (χ0n) is 10.2. The SMILES string of the molecule is CCCS(=O)(=O)NCCN(C1CC1)S(C)(=O)=O. The molecule has 0 unspecified atom stereocenters. The first kappa shape index (κ1) is 14.9. The Balaban J connectivity index is 2.44. The fourth-order valence-corrected chi connectivity index (χ4v) is 3.89. The van der Waals surface area contributed by atoms with Crippen molar-refractivity contribution < 1.29 is 16.8 Å².